The van der Waals surface area contributed by atoms with Gasteiger partial charge >= 0.3 is 0 Å². The molecule has 72 valence electrons. The van der Waals surface area contributed by atoms with Gasteiger partial charge in [-0.3, -0.25) is 4.68 Å². The Hall–Kier alpha value is -1.35. The molecule has 3 rings (SSSR count). The molecule has 0 amide bonds. The first-order chi connectivity index (χ1) is 6.84. The monoisotopic (exact) mass is 188 g/mol. The van der Waals surface area contributed by atoms with E-state index in [0.29, 0.717) is 6.61 Å². The minimum atomic E-state index is 0.275. The van der Waals surface area contributed by atoms with E-state index in [4.69, 9.17) is 4.74 Å². The van der Waals surface area contributed by atoms with Gasteiger partial charge < -0.3 is 4.74 Å². The highest BCUT2D eigenvalue weighted by Gasteiger charge is 2.18. The van der Waals surface area contributed by atoms with Crippen LogP contribution in [0.15, 0.2) is 24.3 Å². The van der Waals surface area contributed by atoms with E-state index in [-0.39, 0.29) is 6.10 Å². The molecule has 1 aromatic heterocycles. The summed E-state index contributed by atoms with van der Waals surface area (Å²) >= 11 is 0. The zero-order chi connectivity index (χ0) is 9.54. The van der Waals surface area contributed by atoms with Crippen molar-refractivity contribution in [2.45, 2.75) is 26.2 Å². The van der Waals surface area contributed by atoms with E-state index < -0.39 is 0 Å². The molecule has 0 saturated carbocycles. The Morgan fingerprint density at radius 2 is 2.29 bits per heavy atom. The summed E-state index contributed by atoms with van der Waals surface area (Å²) in [4.78, 5) is 0. The molecule has 2 aromatic rings. The molecule has 1 unspecified atom stereocenters. The van der Waals surface area contributed by atoms with Gasteiger partial charge in [0.25, 0.3) is 0 Å². The SMILES string of the molecule is CC1Cn2nc3ccccc3c2CO1. The Morgan fingerprint density at radius 1 is 1.43 bits per heavy atom. The van der Waals surface area contributed by atoms with Crippen LogP contribution in [0.25, 0.3) is 10.9 Å². The maximum Gasteiger partial charge on any atom is 0.0927 e. The Labute approximate surface area is 82.3 Å². The summed E-state index contributed by atoms with van der Waals surface area (Å²) in [6, 6.07) is 8.22. The highest BCUT2D eigenvalue weighted by atomic mass is 16.5. The number of aromatic nitrogens is 2. The molecule has 0 bridgehead atoms. The standard InChI is InChI=1S/C11H12N2O/c1-8-6-13-11(7-14-8)9-4-2-3-5-10(9)12-13/h2-5,8H,6-7H2,1H3. The minimum Gasteiger partial charge on any atom is -0.370 e. The molecule has 1 atom stereocenters. The summed E-state index contributed by atoms with van der Waals surface area (Å²) in [5.41, 5.74) is 2.28. The van der Waals surface area contributed by atoms with Crippen LogP contribution < -0.4 is 0 Å². The lowest BCUT2D eigenvalue weighted by Gasteiger charge is -2.20. The van der Waals surface area contributed by atoms with Crippen molar-refractivity contribution in [3.63, 3.8) is 0 Å². The molecular formula is C11H12N2O. The lowest BCUT2D eigenvalue weighted by molar-refractivity contribution is 0.0133. The zero-order valence-electron chi connectivity index (χ0n) is 8.10. The molecule has 2 heterocycles. The lowest BCUT2D eigenvalue weighted by Crippen LogP contribution is -2.24. The Balaban J connectivity index is 2.24. The molecule has 0 saturated heterocycles. The van der Waals surface area contributed by atoms with Crippen LogP contribution in [-0.4, -0.2) is 15.9 Å². The van der Waals surface area contributed by atoms with Crippen LogP contribution >= 0.6 is 0 Å². The highest BCUT2D eigenvalue weighted by Crippen LogP contribution is 2.22. The number of nitrogens with zero attached hydrogens (tertiary/aromatic N) is 2. The normalized spacial score (nSPS) is 21.1. The van der Waals surface area contributed by atoms with Crippen molar-refractivity contribution in [3.8, 4) is 0 Å². The van der Waals surface area contributed by atoms with Gasteiger partial charge in [-0.2, -0.15) is 5.10 Å². The predicted octanol–water partition coefficient (Wildman–Crippen LogP) is 1.95. The average molecular weight is 188 g/mol. The third kappa shape index (κ3) is 1.06. The fourth-order valence-electron chi connectivity index (χ4n) is 1.96. The summed E-state index contributed by atoms with van der Waals surface area (Å²) < 4.78 is 7.68. The van der Waals surface area contributed by atoms with Crippen LogP contribution in [0.5, 0.6) is 0 Å². The lowest BCUT2D eigenvalue weighted by atomic mass is 10.2. The van der Waals surface area contributed by atoms with E-state index >= 15 is 0 Å². The van der Waals surface area contributed by atoms with E-state index in [1.54, 1.807) is 0 Å². The first kappa shape index (κ1) is 8.00. The number of rotatable bonds is 0. The van der Waals surface area contributed by atoms with Gasteiger partial charge in [0.2, 0.25) is 0 Å². The van der Waals surface area contributed by atoms with Gasteiger partial charge in [0.1, 0.15) is 0 Å². The van der Waals surface area contributed by atoms with Crippen LogP contribution in [0.2, 0.25) is 0 Å². The Kier molecular flexibility index (Phi) is 1.61. The second-order valence-electron chi connectivity index (χ2n) is 3.77. The first-order valence-electron chi connectivity index (χ1n) is 4.90. The van der Waals surface area contributed by atoms with Gasteiger partial charge in [0.15, 0.2) is 0 Å². The van der Waals surface area contributed by atoms with Crippen LogP contribution in [0, 0.1) is 0 Å². The van der Waals surface area contributed by atoms with Gasteiger partial charge in [-0.1, -0.05) is 18.2 Å². The van der Waals surface area contributed by atoms with Crippen LogP contribution in [0.1, 0.15) is 12.6 Å². The number of fused-ring (bicyclic) bond motifs is 3. The predicted molar refractivity (Wildman–Crippen MR) is 54.0 cm³/mol. The molecule has 0 fully saturated rings. The molecule has 0 spiro atoms. The summed E-state index contributed by atoms with van der Waals surface area (Å²) in [5, 5.41) is 5.76. The van der Waals surface area contributed by atoms with Gasteiger partial charge in [-0.25, -0.2) is 0 Å². The molecule has 1 aliphatic heterocycles. The molecule has 0 radical (unpaired) electrons. The number of hydrogen-bond acceptors (Lipinski definition) is 2. The minimum absolute atomic E-state index is 0.275. The van der Waals surface area contributed by atoms with E-state index in [2.05, 4.69) is 22.8 Å². The maximum absolute atomic E-state index is 5.61. The second kappa shape index (κ2) is 2.82. The van der Waals surface area contributed by atoms with Crippen molar-refractivity contribution in [1.29, 1.82) is 0 Å². The van der Waals surface area contributed by atoms with E-state index in [1.165, 1.54) is 11.1 Å². The van der Waals surface area contributed by atoms with Crippen LogP contribution in [0.4, 0.5) is 0 Å². The summed E-state index contributed by atoms with van der Waals surface area (Å²) in [6.45, 7) is 3.63. The molecular weight excluding hydrogens is 176 g/mol. The third-order valence-corrected chi connectivity index (χ3v) is 2.69. The van der Waals surface area contributed by atoms with Gasteiger partial charge in [-0.15, -0.1) is 0 Å². The molecule has 14 heavy (non-hydrogen) atoms. The summed E-state index contributed by atoms with van der Waals surface area (Å²) in [7, 11) is 0. The van der Waals surface area contributed by atoms with E-state index in [0.717, 1.165) is 12.1 Å². The number of benzene rings is 1. The molecule has 0 N–H and O–H groups in total. The fraction of sp³-hybridized carbons (Fsp3) is 0.364. The van der Waals surface area contributed by atoms with E-state index in [9.17, 15) is 0 Å². The Bertz CT molecular complexity index is 475. The average Bonchev–Trinajstić information content (AvgIpc) is 2.54. The van der Waals surface area contributed by atoms with Crippen LogP contribution in [-0.2, 0) is 17.9 Å². The second-order valence-corrected chi connectivity index (χ2v) is 3.77. The molecule has 0 aliphatic carbocycles. The Morgan fingerprint density at radius 3 is 3.21 bits per heavy atom. The maximum atomic E-state index is 5.61. The van der Waals surface area contributed by atoms with Crippen molar-refractivity contribution >= 4 is 10.9 Å². The first-order valence-corrected chi connectivity index (χ1v) is 4.90. The van der Waals surface area contributed by atoms with E-state index in [1.807, 2.05) is 18.2 Å². The van der Waals surface area contributed by atoms with Crippen molar-refractivity contribution < 1.29 is 4.74 Å². The van der Waals surface area contributed by atoms with Crippen molar-refractivity contribution in [2.75, 3.05) is 0 Å². The molecule has 1 aliphatic rings. The molecule has 3 heteroatoms. The third-order valence-electron chi connectivity index (χ3n) is 2.69. The topological polar surface area (TPSA) is 27.1 Å². The van der Waals surface area contributed by atoms with Gasteiger partial charge in [0, 0.05) is 5.39 Å². The zero-order valence-corrected chi connectivity index (χ0v) is 8.10. The van der Waals surface area contributed by atoms with Gasteiger partial charge in [0.05, 0.1) is 30.5 Å². The molecule has 1 aromatic carbocycles. The number of ether oxygens (including phenoxy) is 1. The smallest absolute Gasteiger partial charge is 0.0927 e. The van der Waals surface area contributed by atoms with Gasteiger partial charge in [-0.05, 0) is 13.0 Å². The summed E-state index contributed by atoms with van der Waals surface area (Å²) in [5.74, 6) is 0. The number of hydrogen-bond donors (Lipinski definition) is 0. The quantitative estimate of drug-likeness (QED) is 0.632. The summed E-state index contributed by atoms with van der Waals surface area (Å²) in [6.07, 6.45) is 0.275. The largest absolute Gasteiger partial charge is 0.370 e. The van der Waals surface area contributed by atoms with Crippen molar-refractivity contribution in [3.05, 3.63) is 30.0 Å². The van der Waals surface area contributed by atoms with Crippen LogP contribution in [0.3, 0.4) is 0 Å². The fourth-order valence-corrected chi connectivity index (χ4v) is 1.96. The highest BCUT2D eigenvalue weighted by molar-refractivity contribution is 5.81. The molecule has 3 nitrogen and oxygen atoms in total. The van der Waals surface area contributed by atoms with Crippen molar-refractivity contribution in [1.82, 2.24) is 9.78 Å². The van der Waals surface area contributed by atoms with Crippen molar-refractivity contribution in [2.24, 2.45) is 0 Å².